The Hall–Kier alpha value is -1.42. The van der Waals surface area contributed by atoms with Crippen LogP contribution >= 0.6 is 0 Å². The molecule has 0 radical (unpaired) electrons. The molecule has 0 heterocycles. The van der Waals surface area contributed by atoms with Gasteiger partial charge in [0.05, 0.1) is 5.60 Å². The Morgan fingerprint density at radius 2 is 2.00 bits per heavy atom. The van der Waals surface area contributed by atoms with Crippen molar-refractivity contribution in [3.05, 3.63) is 35.1 Å². The molecular weight excluding hydrogens is 233 g/mol. The van der Waals surface area contributed by atoms with Crippen molar-refractivity contribution in [1.29, 1.82) is 0 Å². The minimum Gasteiger partial charge on any atom is -0.388 e. The lowest BCUT2D eigenvalue weighted by atomic mass is 9.97. The van der Waals surface area contributed by atoms with Gasteiger partial charge in [-0.05, 0) is 43.5 Å². The molecule has 0 saturated carbocycles. The van der Waals surface area contributed by atoms with Crippen molar-refractivity contribution < 1.29 is 14.3 Å². The summed E-state index contributed by atoms with van der Waals surface area (Å²) in [5.74, 6) is -0.643. The summed E-state index contributed by atoms with van der Waals surface area (Å²) in [6.07, 6.45) is 1.15. The van der Waals surface area contributed by atoms with Crippen LogP contribution in [0.3, 0.4) is 0 Å². The van der Waals surface area contributed by atoms with Gasteiger partial charge in [0.25, 0.3) is 5.91 Å². The van der Waals surface area contributed by atoms with E-state index in [0.717, 1.165) is 0 Å². The summed E-state index contributed by atoms with van der Waals surface area (Å²) >= 11 is 0. The monoisotopic (exact) mass is 253 g/mol. The van der Waals surface area contributed by atoms with E-state index in [1.165, 1.54) is 18.2 Å². The second-order valence-corrected chi connectivity index (χ2v) is 4.57. The molecule has 0 aliphatic carbocycles. The first-order valence-corrected chi connectivity index (χ1v) is 6.18. The van der Waals surface area contributed by atoms with Gasteiger partial charge in [-0.15, -0.1) is 0 Å². The lowest BCUT2D eigenvalue weighted by Gasteiger charge is -2.25. The molecular formula is C14H20FNO2. The largest absolute Gasteiger partial charge is 0.388 e. The maximum absolute atomic E-state index is 12.9. The fourth-order valence-corrected chi connectivity index (χ4v) is 1.72. The predicted molar refractivity (Wildman–Crippen MR) is 69.0 cm³/mol. The molecule has 4 heteroatoms. The fourth-order valence-electron chi connectivity index (χ4n) is 1.72. The van der Waals surface area contributed by atoms with Crippen LogP contribution in [0.5, 0.6) is 0 Å². The first-order valence-electron chi connectivity index (χ1n) is 6.18. The smallest absolute Gasteiger partial charge is 0.251 e. The summed E-state index contributed by atoms with van der Waals surface area (Å²) in [4.78, 5) is 11.9. The predicted octanol–water partition coefficient (Wildman–Crippen LogP) is 2.42. The number of nitrogens with one attached hydrogen (secondary N) is 1. The Bertz CT molecular complexity index is 428. The molecule has 0 aliphatic rings. The number of aliphatic hydroxyl groups is 1. The van der Waals surface area contributed by atoms with Gasteiger partial charge in [0.1, 0.15) is 5.82 Å². The van der Waals surface area contributed by atoms with Crippen LogP contribution < -0.4 is 5.32 Å². The zero-order valence-electron chi connectivity index (χ0n) is 11.1. The summed E-state index contributed by atoms with van der Waals surface area (Å²) in [7, 11) is 0. The minimum absolute atomic E-state index is 0.204. The van der Waals surface area contributed by atoms with Crippen LogP contribution in [-0.4, -0.2) is 23.2 Å². The van der Waals surface area contributed by atoms with E-state index in [-0.39, 0.29) is 18.3 Å². The summed E-state index contributed by atoms with van der Waals surface area (Å²) in [6, 6.07) is 4.03. The van der Waals surface area contributed by atoms with E-state index < -0.39 is 5.60 Å². The first-order chi connectivity index (χ1) is 8.41. The molecule has 0 aliphatic heterocycles. The summed E-state index contributed by atoms with van der Waals surface area (Å²) in [5, 5.41) is 12.8. The molecule has 0 aromatic heterocycles. The highest BCUT2D eigenvalue weighted by Crippen LogP contribution is 2.14. The third-order valence-corrected chi connectivity index (χ3v) is 3.33. The van der Waals surface area contributed by atoms with Crippen molar-refractivity contribution in [3.63, 3.8) is 0 Å². The van der Waals surface area contributed by atoms with Crippen LogP contribution in [0.2, 0.25) is 0 Å². The normalized spacial score (nSPS) is 11.4. The van der Waals surface area contributed by atoms with Crippen LogP contribution in [0.4, 0.5) is 4.39 Å². The van der Waals surface area contributed by atoms with Crippen LogP contribution in [0.25, 0.3) is 0 Å². The van der Waals surface area contributed by atoms with Crippen molar-refractivity contribution in [2.45, 2.75) is 39.2 Å². The second-order valence-electron chi connectivity index (χ2n) is 4.57. The number of benzene rings is 1. The fraction of sp³-hybridized carbons (Fsp3) is 0.500. The third-order valence-electron chi connectivity index (χ3n) is 3.33. The van der Waals surface area contributed by atoms with E-state index in [4.69, 9.17) is 0 Å². The SMILES string of the molecule is CCC(O)(CC)CNC(=O)c1ccc(F)cc1C. The highest BCUT2D eigenvalue weighted by molar-refractivity contribution is 5.95. The number of halogens is 1. The van der Waals surface area contributed by atoms with Gasteiger partial charge in [-0.2, -0.15) is 0 Å². The summed E-state index contributed by atoms with van der Waals surface area (Å²) in [6.45, 7) is 5.64. The molecule has 0 unspecified atom stereocenters. The average Bonchev–Trinajstić information content (AvgIpc) is 2.35. The molecule has 18 heavy (non-hydrogen) atoms. The van der Waals surface area contributed by atoms with E-state index in [0.29, 0.717) is 24.0 Å². The number of carbonyl (C=O) groups is 1. The minimum atomic E-state index is -0.871. The number of carbonyl (C=O) groups excluding carboxylic acids is 1. The van der Waals surface area contributed by atoms with Gasteiger partial charge in [-0.1, -0.05) is 13.8 Å². The van der Waals surface area contributed by atoms with Crippen LogP contribution in [0.1, 0.15) is 42.6 Å². The van der Waals surface area contributed by atoms with E-state index >= 15 is 0 Å². The molecule has 0 bridgehead atoms. The zero-order chi connectivity index (χ0) is 13.8. The first kappa shape index (κ1) is 14.6. The number of amides is 1. The third kappa shape index (κ3) is 3.53. The average molecular weight is 253 g/mol. The van der Waals surface area contributed by atoms with Crippen molar-refractivity contribution >= 4 is 5.91 Å². The molecule has 1 aromatic carbocycles. The van der Waals surface area contributed by atoms with Gasteiger partial charge in [-0.25, -0.2) is 4.39 Å². The molecule has 100 valence electrons. The number of hydrogen-bond acceptors (Lipinski definition) is 2. The molecule has 0 atom stereocenters. The summed E-state index contributed by atoms with van der Waals surface area (Å²) < 4.78 is 12.9. The summed E-state index contributed by atoms with van der Waals surface area (Å²) in [5.41, 5.74) is 0.152. The number of rotatable bonds is 5. The van der Waals surface area contributed by atoms with Crippen LogP contribution in [0, 0.1) is 12.7 Å². The molecule has 2 N–H and O–H groups in total. The van der Waals surface area contributed by atoms with Crippen molar-refractivity contribution in [2.24, 2.45) is 0 Å². The van der Waals surface area contributed by atoms with Crippen molar-refractivity contribution in [2.75, 3.05) is 6.54 Å². The van der Waals surface area contributed by atoms with Crippen LogP contribution in [0.15, 0.2) is 18.2 Å². The second kappa shape index (κ2) is 5.96. The highest BCUT2D eigenvalue weighted by atomic mass is 19.1. The highest BCUT2D eigenvalue weighted by Gasteiger charge is 2.23. The van der Waals surface area contributed by atoms with Gasteiger partial charge in [-0.3, -0.25) is 4.79 Å². The lowest BCUT2D eigenvalue weighted by molar-refractivity contribution is 0.0314. The number of hydrogen-bond donors (Lipinski definition) is 2. The van der Waals surface area contributed by atoms with Gasteiger partial charge in [0.15, 0.2) is 0 Å². The molecule has 1 aromatic rings. The Labute approximate surface area is 107 Å². The van der Waals surface area contributed by atoms with Gasteiger partial charge in [0, 0.05) is 12.1 Å². The number of aryl methyl sites for hydroxylation is 1. The Morgan fingerprint density at radius 1 is 1.39 bits per heavy atom. The van der Waals surface area contributed by atoms with E-state index in [1.54, 1.807) is 6.92 Å². The van der Waals surface area contributed by atoms with E-state index in [9.17, 15) is 14.3 Å². The topological polar surface area (TPSA) is 49.3 Å². The van der Waals surface area contributed by atoms with Gasteiger partial charge in [0.2, 0.25) is 0 Å². The van der Waals surface area contributed by atoms with E-state index in [1.807, 2.05) is 13.8 Å². The van der Waals surface area contributed by atoms with Gasteiger partial charge < -0.3 is 10.4 Å². The zero-order valence-corrected chi connectivity index (χ0v) is 11.1. The Balaban J connectivity index is 2.71. The molecule has 1 rings (SSSR count). The molecule has 3 nitrogen and oxygen atoms in total. The maximum Gasteiger partial charge on any atom is 0.251 e. The van der Waals surface area contributed by atoms with Gasteiger partial charge >= 0.3 is 0 Å². The standard InChI is InChI=1S/C14H20FNO2/c1-4-14(18,5-2)9-16-13(17)12-7-6-11(15)8-10(12)3/h6-8,18H,4-5,9H2,1-3H3,(H,16,17). The quantitative estimate of drug-likeness (QED) is 0.846. The lowest BCUT2D eigenvalue weighted by Crippen LogP contribution is -2.42. The molecule has 0 saturated heterocycles. The van der Waals surface area contributed by atoms with E-state index in [2.05, 4.69) is 5.32 Å². The Kier molecular flexibility index (Phi) is 4.84. The van der Waals surface area contributed by atoms with Crippen molar-refractivity contribution in [3.8, 4) is 0 Å². The molecule has 0 fully saturated rings. The Morgan fingerprint density at radius 3 is 2.50 bits per heavy atom. The molecule has 0 spiro atoms. The molecule has 1 amide bonds. The maximum atomic E-state index is 12.9. The van der Waals surface area contributed by atoms with Crippen molar-refractivity contribution in [1.82, 2.24) is 5.32 Å². The van der Waals surface area contributed by atoms with Crippen LogP contribution in [-0.2, 0) is 0 Å².